The third kappa shape index (κ3) is 4.42. The van der Waals surface area contributed by atoms with Gasteiger partial charge in [-0.3, -0.25) is 4.90 Å². The smallest absolute Gasteiger partial charge is 0.0221 e. The predicted molar refractivity (Wildman–Crippen MR) is 71.8 cm³/mol. The Kier molecular flexibility index (Phi) is 7.06. The van der Waals surface area contributed by atoms with Crippen molar-refractivity contribution >= 4 is 0 Å². The summed E-state index contributed by atoms with van der Waals surface area (Å²) in [4.78, 5) is 2.74. The first-order valence-electron chi connectivity index (χ1n) is 7.26. The van der Waals surface area contributed by atoms with Crippen LogP contribution in [0.2, 0.25) is 0 Å². The van der Waals surface area contributed by atoms with Crippen molar-refractivity contribution in [3.8, 4) is 0 Å². The third-order valence-corrected chi connectivity index (χ3v) is 3.95. The van der Waals surface area contributed by atoms with Crippen molar-refractivity contribution in [2.45, 2.75) is 58.9 Å². The minimum atomic E-state index is 0.800. The van der Waals surface area contributed by atoms with Crippen LogP contribution in [0.5, 0.6) is 0 Å². The molecule has 0 aromatic rings. The van der Waals surface area contributed by atoms with Crippen LogP contribution in [0.3, 0.4) is 0 Å². The fraction of sp³-hybridized carbons (Fsp3) is 1.00. The van der Waals surface area contributed by atoms with E-state index < -0.39 is 0 Å². The molecule has 16 heavy (non-hydrogen) atoms. The maximum atomic E-state index is 3.54. The highest BCUT2D eigenvalue weighted by Gasteiger charge is 2.21. The second kappa shape index (κ2) is 8.08. The summed E-state index contributed by atoms with van der Waals surface area (Å²) in [6.45, 7) is 12.0. The summed E-state index contributed by atoms with van der Waals surface area (Å²) in [5, 5.41) is 3.54. The molecular formula is C14H30N2. The van der Waals surface area contributed by atoms with Gasteiger partial charge >= 0.3 is 0 Å². The fourth-order valence-corrected chi connectivity index (χ4v) is 2.73. The van der Waals surface area contributed by atoms with Crippen LogP contribution in [0.4, 0.5) is 0 Å². The lowest BCUT2D eigenvalue weighted by Gasteiger charge is -2.36. The summed E-state index contributed by atoms with van der Waals surface area (Å²) in [6, 6.07) is 0.800. The first kappa shape index (κ1) is 14.0. The van der Waals surface area contributed by atoms with Gasteiger partial charge in [0.05, 0.1) is 0 Å². The van der Waals surface area contributed by atoms with Gasteiger partial charge in [0.1, 0.15) is 0 Å². The molecule has 0 amide bonds. The normalized spacial score (nSPS) is 21.9. The highest BCUT2D eigenvalue weighted by molar-refractivity contribution is 4.79. The van der Waals surface area contributed by atoms with Crippen LogP contribution >= 0.6 is 0 Å². The van der Waals surface area contributed by atoms with Crippen LogP contribution in [0.1, 0.15) is 52.9 Å². The van der Waals surface area contributed by atoms with E-state index in [0.717, 1.165) is 12.0 Å². The summed E-state index contributed by atoms with van der Waals surface area (Å²) < 4.78 is 0. The van der Waals surface area contributed by atoms with Crippen LogP contribution in [-0.4, -0.2) is 37.1 Å². The summed E-state index contributed by atoms with van der Waals surface area (Å²) in [5.41, 5.74) is 0. The Hall–Kier alpha value is -0.0800. The van der Waals surface area contributed by atoms with Crippen LogP contribution in [-0.2, 0) is 0 Å². The van der Waals surface area contributed by atoms with Gasteiger partial charge in [0.15, 0.2) is 0 Å². The quantitative estimate of drug-likeness (QED) is 0.718. The molecule has 0 saturated carbocycles. The molecule has 0 bridgehead atoms. The molecule has 0 aromatic carbocycles. The summed E-state index contributed by atoms with van der Waals surface area (Å²) in [7, 11) is 0. The number of rotatable bonds is 7. The molecule has 1 unspecified atom stereocenters. The molecule has 1 rings (SSSR count). The summed E-state index contributed by atoms with van der Waals surface area (Å²) in [6.07, 6.45) is 6.70. The molecule has 0 spiro atoms. The van der Waals surface area contributed by atoms with Crippen LogP contribution in [0, 0.1) is 5.92 Å². The van der Waals surface area contributed by atoms with E-state index in [0.29, 0.717) is 0 Å². The monoisotopic (exact) mass is 226 g/mol. The Bertz CT molecular complexity index is 160. The largest absolute Gasteiger partial charge is 0.315 e. The molecule has 0 aromatic heterocycles. The molecule has 2 nitrogen and oxygen atoms in total. The number of nitrogens with one attached hydrogen (secondary N) is 1. The first-order chi connectivity index (χ1) is 7.81. The Labute approximate surface area is 102 Å². The van der Waals surface area contributed by atoms with E-state index in [1.54, 1.807) is 0 Å². The highest BCUT2D eigenvalue weighted by Crippen LogP contribution is 2.16. The van der Waals surface area contributed by atoms with Gasteiger partial charge in [-0.05, 0) is 38.3 Å². The second-order valence-corrected chi connectivity index (χ2v) is 5.18. The minimum Gasteiger partial charge on any atom is -0.315 e. The van der Waals surface area contributed by atoms with Gasteiger partial charge in [-0.15, -0.1) is 0 Å². The van der Waals surface area contributed by atoms with Gasteiger partial charge in [0.25, 0.3) is 0 Å². The van der Waals surface area contributed by atoms with E-state index in [9.17, 15) is 0 Å². The maximum Gasteiger partial charge on any atom is 0.0221 e. The van der Waals surface area contributed by atoms with Crippen LogP contribution in [0.25, 0.3) is 0 Å². The molecular weight excluding hydrogens is 196 g/mol. The van der Waals surface area contributed by atoms with Gasteiger partial charge in [-0.1, -0.05) is 33.6 Å². The number of hydrogen-bond acceptors (Lipinski definition) is 2. The molecule has 1 atom stereocenters. The zero-order valence-electron chi connectivity index (χ0n) is 11.5. The molecule has 1 aliphatic rings. The molecule has 1 saturated heterocycles. The van der Waals surface area contributed by atoms with Gasteiger partial charge in [-0.25, -0.2) is 0 Å². The number of piperidine rings is 1. The Morgan fingerprint density at radius 3 is 2.50 bits per heavy atom. The Morgan fingerprint density at radius 1 is 1.25 bits per heavy atom. The van der Waals surface area contributed by atoms with E-state index in [-0.39, 0.29) is 0 Å². The SMILES string of the molecule is CCCN(CC(CC)CC)C1CCCNC1. The average molecular weight is 226 g/mol. The third-order valence-electron chi connectivity index (χ3n) is 3.95. The van der Waals surface area contributed by atoms with Crippen molar-refractivity contribution in [3.63, 3.8) is 0 Å². The summed E-state index contributed by atoms with van der Waals surface area (Å²) in [5.74, 6) is 0.897. The Morgan fingerprint density at radius 2 is 2.00 bits per heavy atom. The zero-order valence-corrected chi connectivity index (χ0v) is 11.5. The second-order valence-electron chi connectivity index (χ2n) is 5.18. The van der Waals surface area contributed by atoms with Crippen LogP contribution in [0.15, 0.2) is 0 Å². The van der Waals surface area contributed by atoms with E-state index >= 15 is 0 Å². The number of nitrogens with zero attached hydrogens (tertiary/aromatic N) is 1. The molecule has 1 heterocycles. The van der Waals surface area contributed by atoms with Crippen molar-refractivity contribution in [1.29, 1.82) is 0 Å². The molecule has 1 N–H and O–H groups in total. The zero-order chi connectivity index (χ0) is 11.8. The van der Waals surface area contributed by atoms with Crippen molar-refractivity contribution in [2.75, 3.05) is 26.2 Å². The fourth-order valence-electron chi connectivity index (χ4n) is 2.73. The topological polar surface area (TPSA) is 15.3 Å². The predicted octanol–water partition coefficient (Wildman–Crippen LogP) is 2.89. The van der Waals surface area contributed by atoms with Crippen molar-refractivity contribution in [2.24, 2.45) is 5.92 Å². The van der Waals surface area contributed by atoms with E-state index in [1.165, 1.54) is 58.3 Å². The number of hydrogen-bond donors (Lipinski definition) is 1. The van der Waals surface area contributed by atoms with Gasteiger partial charge < -0.3 is 5.32 Å². The van der Waals surface area contributed by atoms with Crippen molar-refractivity contribution in [3.05, 3.63) is 0 Å². The molecule has 2 heteroatoms. The van der Waals surface area contributed by atoms with E-state index in [1.807, 2.05) is 0 Å². The van der Waals surface area contributed by atoms with Gasteiger partial charge in [0.2, 0.25) is 0 Å². The average Bonchev–Trinajstić information content (AvgIpc) is 2.35. The lowest BCUT2D eigenvalue weighted by Crippen LogP contribution is -2.47. The van der Waals surface area contributed by atoms with E-state index in [2.05, 4.69) is 31.0 Å². The molecule has 0 aliphatic carbocycles. The molecule has 0 radical (unpaired) electrons. The Balaban J connectivity index is 2.44. The van der Waals surface area contributed by atoms with Crippen molar-refractivity contribution < 1.29 is 0 Å². The minimum absolute atomic E-state index is 0.800. The maximum absolute atomic E-state index is 3.54. The summed E-state index contributed by atoms with van der Waals surface area (Å²) >= 11 is 0. The highest BCUT2D eigenvalue weighted by atomic mass is 15.2. The molecule has 1 fully saturated rings. The van der Waals surface area contributed by atoms with Gasteiger partial charge in [-0.2, -0.15) is 0 Å². The van der Waals surface area contributed by atoms with Crippen molar-refractivity contribution in [1.82, 2.24) is 10.2 Å². The molecule has 96 valence electrons. The van der Waals surface area contributed by atoms with Crippen LogP contribution < -0.4 is 5.32 Å². The molecule has 1 aliphatic heterocycles. The lowest BCUT2D eigenvalue weighted by molar-refractivity contribution is 0.138. The first-order valence-corrected chi connectivity index (χ1v) is 7.26. The standard InChI is InChI=1S/C14H30N2/c1-4-10-16(12-13(5-2)6-3)14-8-7-9-15-11-14/h13-15H,4-12H2,1-3H3. The van der Waals surface area contributed by atoms with Gasteiger partial charge in [0, 0.05) is 19.1 Å². The van der Waals surface area contributed by atoms with E-state index in [4.69, 9.17) is 0 Å². The lowest BCUT2D eigenvalue weighted by atomic mass is 9.99.